The number of aliphatic hydroxyl groups excluding tert-OH is 1. The number of rotatable bonds is 2. The highest BCUT2D eigenvalue weighted by molar-refractivity contribution is 6.00. The molecule has 3 heterocycles. The Kier molecular flexibility index (Phi) is 3.03. The van der Waals surface area contributed by atoms with E-state index in [1.54, 1.807) is 17.7 Å². The van der Waals surface area contributed by atoms with Crippen LogP contribution in [0.1, 0.15) is 31.4 Å². The van der Waals surface area contributed by atoms with Crippen molar-refractivity contribution in [3.8, 4) is 5.75 Å². The molecule has 0 fully saturated rings. The Morgan fingerprint density at radius 1 is 1.30 bits per heavy atom. The molecule has 1 atom stereocenters. The Morgan fingerprint density at radius 3 is 2.78 bits per heavy atom. The van der Waals surface area contributed by atoms with Crippen LogP contribution in [-0.4, -0.2) is 22.6 Å². The topological polar surface area (TPSA) is 54.7 Å². The van der Waals surface area contributed by atoms with Crippen molar-refractivity contribution in [1.82, 2.24) is 4.57 Å². The minimum Gasteiger partial charge on any atom is -0.469 e. The second-order valence-corrected chi connectivity index (χ2v) is 6.12. The number of hydrogen-bond acceptors (Lipinski definition) is 4. The predicted molar refractivity (Wildman–Crippen MR) is 90.8 cm³/mol. The maximum absolute atomic E-state index is 12.3. The van der Waals surface area contributed by atoms with Gasteiger partial charge in [-0.25, -0.2) is 0 Å². The van der Waals surface area contributed by atoms with Crippen molar-refractivity contribution in [2.75, 3.05) is 11.6 Å². The molecule has 0 bridgehead atoms. The summed E-state index contributed by atoms with van der Waals surface area (Å²) in [6.45, 7) is 4.45. The summed E-state index contributed by atoms with van der Waals surface area (Å²) in [5.74, 6) is 0.713. The number of hydrogen-bond donors (Lipinski definition) is 1. The van der Waals surface area contributed by atoms with Gasteiger partial charge >= 0.3 is 0 Å². The number of benzene rings is 1. The lowest BCUT2D eigenvalue weighted by Gasteiger charge is -2.29. The van der Waals surface area contributed by atoms with Gasteiger partial charge in [-0.15, -0.1) is 0 Å². The van der Waals surface area contributed by atoms with E-state index in [1.807, 2.05) is 11.0 Å². The molecule has 1 N–H and O–H groups in total. The summed E-state index contributed by atoms with van der Waals surface area (Å²) in [5.41, 5.74) is 4.95. The first-order valence-electron chi connectivity index (χ1n) is 8.05. The van der Waals surface area contributed by atoms with Crippen molar-refractivity contribution in [1.29, 1.82) is 0 Å². The highest BCUT2D eigenvalue weighted by Crippen LogP contribution is 2.49. The summed E-state index contributed by atoms with van der Waals surface area (Å²) in [6.07, 6.45) is 2.85. The summed E-state index contributed by atoms with van der Waals surface area (Å²) < 4.78 is 7.55. The fourth-order valence-electron chi connectivity index (χ4n) is 3.68. The zero-order valence-corrected chi connectivity index (χ0v) is 13.6. The smallest absolute Gasteiger partial charge is 0.251 e. The summed E-state index contributed by atoms with van der Waals surface area (Å²) >= 11 is 0. The molecule has 5 heteroatoms. The van der Waals surface area contributed by atoms with Crippen LogP contribution in [0.2, 0.25) is 0 Å². The van der Waals surface area contributed by atoms with Crippen LogP contribution in [0.4, 0.5) is 5.69 Å². The Bertz CT molecular complexity index is 911. The largest absolute Gasteiger partial charge is 0.469 e. The lowest BCUT2D eigenvalue weighted by atomic mass is 9.92. The molecule has 2 aliphatic heterocycles. The summed E-state index contributed by atoms with van der Waals surface area (Å²) in [5, 5.41) is 11.4. The predicted octanol–water partition coefficient (Wildman–Crippen LogP) is 2.38. The van der Waals surface area contributed by atoms with Gasteiger partial charge in [-0.1, -0.05) is 13.8 Å². The Hall–Kier alpha value is -2.27. The van der Waals surface area contributed by atoms with Gasteiger partial charge in [0, 0.05) is 24.1 Å². The number of fused-ring (bicyclic) bond motifs is 2. The van der Waals surface area contributed by atoms with Crippen LogP contribution in [0.15, 0.2) is 23.0 Å². The van der Waals surface area contributed by atoms with Gasteiger partial charge < -0.3 is 19.3 Å². The van der Waals surface area contributed by atoms with Gasteiger partial charge in [0.1, 0.15) is 6.23 Å². The molecule has 1 aromatic heterocycles. The molecule has 2 aromatic rings. The average Bonchev–Trinajstić information content (AvgIpc) is 2.99. The van der Waals surface area contributed by atoms with Crippen LogP contribution in [0.25, 0.3) is 16.5 Å². The van der Waals surface area contributed by atoms with E-state index in [0.29, 0.717) is 12.5 Å². The fourth-order valence-corrected chi connectivity index (χ4v) is 3.68. The minimum absolute atomic E-state index is 0.0322. The van der Waals surface area contributed by atoms with E-state index in [9.17, 15) is 9.90 Å². The third-order valence-electron chi connectivity index (χ3n) is 4.95. The number of pyridine rings is 1. The molecular weight excluding hydrogens is 292 g/mol. The van der Waals surface area contributed by atoms with Gasteiger partial charge in [0.15, 0.2) is 12.5 Å². The zero-order valence-electron chi connectivity index (χ0n) is 13.6. The van der Waals surface area contributed by atoms with E-state index in [-0.39, 0.29) is 5.56 Å². The summed E-state index contributed by atoms with van der Waals surface area (Å²) in [6, 6.07) is 3.86. The van der Waals surface area contributed by atoms with Crippen molar-refractivity contribution in [3.05, 3.63) is 39.7 Å². The molecule has 5 nitrogen and oxygen atoms in total. The number of aromatic nitrogens is 1. The monoisotopic (exact) mass is 312 g/mol. The Balaban J connectivity index is 2.18. The van der Waals surface area contributed by atoms with Crippen molar-refractivity contribution in [2.45, 2.75) is 32.9 Å². The molecule has 2 aliphatic rings. The zero-order chi connectivity index (χ0) is 16.3. The lowest BCUT2D eigenvalue weighted by Crippen LogP contribution is -2.35. The van der Waals surface area contributed by atoms with Gasteiger partial charge in [0.2, 0.25) is 0 Å². The second-order valence-electron chi connectivity index (χ2n) is 6.12. The van der Waals surface area contributed by atoms with Crippen LogP contribution >= 0.6 is 0 Å². The molecule has 120 valence electrons. The molecule has 0 spiro atoms. The van der Waals surface area contributed by atoms with Crippen LogP contribution in [0.3, 0.4) is 0 Å². The average molecular weight is 312 g/mol. The maximum atomic E-state index is 12.3. The lowest BCUT2D eigenvalue weighted by molar-refractivity contribution is 0.195. The van der Waals surface area contributed by atoms with Gasteiger partial charge in [-0.3, -0.25) is 4.79 Å². The molecule has 23 heavy (non-hydrogen) atoms. The van der Waals surface area contributed by atoms with Crippen LogP contribution < -0.4 is 15.2 Å². The van der Waals surface area contributed by atoms with Crippen molar-refractivity contribution >= 4 is 22.2 Å². The molecule has 0 saturated heterocycles. The first-order chi connectivity index (χ1) is 11.1. The number of ether oxygens (including phenoxy) is 1. The normalized spacial score (nSPS) is 18.9. The third kappa shape index (κ3) is 1.80. The minimum atomic E-state index is -0.678. The second kappa shape index (κ2) is 4.86. The van der Waals surface area contributed by atoms with Gasteiger partial charge in [-0.05, 0) is 36.1 Å². The van der Waals surface area contributed by atoms with Crippen LogP contribution in [0, 0.1) is 0 Å². The third-order valence-corrected chi connectivity index (χ3v) is 4.95. The molecule has 1 unspecified atom stereocenters. The van der Waals surface area contributed by atoms with Crippen LogP contribution in [-0.2, 0) is 13.5 Å². The standard InChI is InChI=1S/C18H20N2O3/c1-4-10-6-14(21)19(3)16-12(10)8-13-11(5-2)7-15(22)20-9-23-18(16)17(13)20/h6-8,15,22H,4-5,9H2,1-3H3. The molecular formula is C18H20N2O3. The van der Waals surface area contributed by atoms with Crippen molar-refractivity contribution in [2.24, 2.45) is 7.05 Å². The first-order valence-corrected chi connectivity index (χ1v) is 8.05. The number of anilines is 1. The number of aryl methyl sites for hydroxylation is 2. The van der Waals surface area contributed by atoms with E-state index in [0.717, 1.165) is 46.1 Å². The number of allylic oxidation sites excluding steroid dienone is 1. The van der Waals surface area contributed by atoms with E-state index in [1.165, 1.54) is 0 Å². The molecule has 4 rings (SSSR count). The SMILES string of the molecule is CCC1=CC(O)N2COc3c2c1cc1c(CC)cc(=O)n(C)c31. The summed E-state index contributed by atoms with van der Waals surface area (Å²) in [7, 11) is 1.77. The Labute approximate surface area is 134 Å². The fraction of sp³-hybridized carbons (Fsp3) is 0.389. The maximum Gasteiger partial charge on any atom is 0.251 e. The van der Waals surface area contributed by atoms with E-state index < -0.39 is 6.23 Å². The van der Waals surface area contributed by atoms with Crippen LogP contribution in [0.5, 0.6) is 5.75 Å². The molecule has 0 amide bonds. The van der Waals surface area contributed by atoms with E-state index in [2.05, 4.69) is 19.9 Å². The molecule has 1 aromatic carbocycles. The summed E-state index contributed by atoms with van der Waals surface area (Å²) in [4.78, 5) is 14.1. The number of aliphatic hydroxyl groups is 1. The van der Waals surface area contributed by atoms with Gasteiger partial charge in [0.25, 0.3) is 5.56 Å². The van der Waals surface area contributed by atoms with E-state index >= 15 is 0 Å². The number of nitrogens with zero attached hydrogens (tertiary/aromatic N) is 2. The molecule has 0 aliphatic carbocycles. The Morgan fingerprint density at radius 2 is 2.09 bits per heavy atom. The van der Waals surface area contributed by atoms with Crippen molar-refractivity contribution < 1.29 is 9.84 Å². The molecule has 0 radical (unpaired) electrons. The van der Waals surface area contributed by atoms with Crippen molar-refractivity contribution in [3.63, 3.8) is 0 Å². The van der Waals surface area contributed by atoms with E-state index in [4.69, 9.17) is 4.74 Å². The van der Waals surface area contributed by atoms with Gasteiger partial charge in [0.05, 0.1) is 11.2 Å². The highest BCUT2D eigenvalue weighted by Gasteiger charge is 2.35. The highest BCUT2D eigenvalue weighted by atomic mass is 16.5. The quantitative estimate of drug-likeness (QED) is 0.925. The molecule has 0 saturated carbocycles. The first kappa shape index (κ1) is 14.3. The van der Waals surface area contributed by atoms with Gasteiger partial charge in [-0.2, -0.15) is 0 Å².